The second kappa shape index (κ2) is 11.7. The van der Waals surface area contributed by atoms with Crippen molar-refractivity contribution in [3.8, 4) is 0 Å². The molecule has 1 saturated carbocycles. The predicted molar refractivity (Wildman–Crippen MR) is 129 cm³/mol. The summed E-state index contributed by atoms with van der Waals surface area (Å²) in [6.07, 6.45) is 10.1. The van der Waals surface area contributed by atoms with E-state index in [1.807, 2.05) is 0 Å². The molecule has 0 spiro atoms. The van der Waals surface area contributed by atoms with Crippen molar-refractivity contribution in [2.45, 2.75) is 87.0 Å². The Balaban J connectivity index is 1.06. The molecule has 4 fully saturated rings. The second-order valence-corrected chi connectivity index (χ2v) is 11.5. The number of nitrogens with zero attached hydrogens (tertiary/aromatic N) is 1. The standard InChI is InChI=1S/C24H40Cl2N4O2/c25-19-5-4-17(13-20(19)26)24(32)30-11-7-16(8-12-30)3-1-2-9-28-23(31)22-14-18-15-27-10-6-21(18)29-22/h16-22,27,29H,1-15H2,(H,28,31). The van der Waals surface area contributed by atoms with Gasteiger partial charge in [0.1, 0.15) is 0 Å². The monoisotopic (exact) mass is 486 g/mol. The van der Waals surface area contributed by atoms with Gasteiger partial charge < -0.3 is 20.9 Å². The molecule has 1 aliphatic carbocycles. The van der Waals surface area contributed by atoms with E-state index in [9.17, 15) is 9.59 Å². The van der Waals surface area contributed by atoms with Crippen molar-refractivity contribution in [2.24, 2.45) is 17.8 Å². The van der Waals surface area contributed by atoms with Gasteiger partial charge in [0.2, 0.25) is 11.8 Å². The fraction of sp³-hybridized carbons (Fsp3) is 0.917. The van der Waals surface area contributed by atoms with Gasteiger partial charge in [-0.1, -0.05) is 12.8 Å². The lowest BCUT2D eigenvalue weighted by Crippen LogP contribution is -2.45. The maximum Gasteiger partial charge on any atom is 0.237 e. The van der Waals surface area contributed by atoms with Gasteiger partial charge in [-0.2, -0.15) is 0 Å². The lowest BCUT2D eigenvalue weighted by atomic mass is 9.86. The van der Waals surface area contributed by atoms with Crippen molar-refractivity contribution in [2.75, 3.05) is 32.7 Å². The number of carbonyl (C=O) groups is 2. The topological polar surface area (TPSA) is 73.5 Å². The minimum Gasteiger partial charge on any atom is -0.355 e. The molecule has 6 atom stereocenters. The van der Waals surface area contributed by atoms with Crippen LogP contribution in [0.2, 0.25) is 0 Å². The molecule has 0 bridgehead atoms. The molecule has 8 heteroatoms. The number of piperidine rings is 2. The van der Waals surface area contributed by atoms with Crippen LogP contribution < -0.4 is 16.0 Å². The van der Waals surface area contributed by atoms with Crippen molar-refractivity contribution in [1.29, 1.82) is 0 Å². The van der Waals surface area contributed by atoms with Gasteiger partial charge in [-0.15, -0.1) is 23.2 Å². The zero-order chi connectivity index (χ0) is 22.5. The number of halogens is 2. The van der Waals surface area contributed by atoms with Crippen LogP contribution in [0.4, 0.5) is 0 Å². The molecule has 0 aromatic heterocycles. The number of carbonyl (C=O) groups excluding carboxylic acids is 2. The summed E-state index contributed by atoms with van der Waals surface area (Å²) < 4.78 is 0. The molecule has 0 aromatic carbocycles. The summed E-state index contributed by atoms with van der Waals surface area (Å²) in [6, 6.07) is 0.497. The maximum absolute atomic E-state index is 12.8. The summed E-state index contributed by atoms with van der Waals surface area (Å²) in [5.74, 6) is 1.82. The molecule has 4 rings (SSSR count). The fourth-order valence-corrected chi connectivity index (χ4v) is 6.67. The number of hydrogen-bond donors (Lipinski definition) is 3. The molecular formula is C24H40Cl2N4O2. The van der Waals surface area contributed by atoms with Crippen LogP contribution in [-0.4, -0.2) is 72.3 Å². The highest BCUT2D eigenvalue weighted by Gasteiger charge is 2.38. The van der Waals surface area contributed by atoms with Crippen molar-refractivity contribution in [3.05, 3.63) is 0 Å². The number of likely N-dealkylation sites (tertiary alicyclic amines) is 1. The van der Waals surface area contributed by atoms with Crippen LogP contribution in [0.15, 0.2) is 0 Å². The van der Waals surface area contributed by atoms with Gasteiger partial charge in [-0.3, -0.25) is 9.59 Å². The first-order chi connectivity index (χ1) is 15.5. The number of amides is 2. The van der Waals surface area contributed by atoms with Crippen molar-refractivity contribution in [1.82, 2.24) is 20.9 Å². The van der Waals surface area contributed by atoms with Gasteiger partial charge >= 0.3 is 0 Å². The second-order valence-electron chi connectivity index (χ2n) is 10.4. The van der Waals surface area contributed by atoms with E-state index in [-0.39, 0.29) is 34.5 Å². The molecule has 6 nitrogen and oxygen atoms in total. The summed E-state index contributed by atoms with van der Waals surface area (Å²) in [5.41, 5.74) is 0. The van der Waals surface area contributed by atoms with E-state index in [1.54, 1.807) is 0 Å². The van der Waals surface area contributed by atoms with Gasteiger partial charge in [0.25, 0.3) is 0 Å². The summed E-state index contributed by atoms with van der Waals surface area (Å²) in [7, 11) is 0. The molecule has 6 unspecified atom stereocenters. The van der Waals surface area contributed by atoms with Crippen LogP contribution in [0.3, 0.4) is 0 Å². The third kappa shape index (κ3) is 6.31. The molecule has 3 aliphatic heterocycles. The number of rotatable bonds is 7. The normalized spacial score (nSPS) is 36.0. The van der Waals surface area contributed by atoms with E-state index >= 15 is 0 Å². The van der Waals surface area contributed by atoms with Crippen molar-refractivity contribution < 1.29 is 9.59 Å². The molecule has 182 valence electrons. The van der Waals surface area contributed by atoms with Crippen LogP contribution in [-0.2, 0) is 9.59 Å². The number of fused-ring (bicyclic) bond motifs is 1. The average molecular weight is 488 g/mol. The molecule has 32 heavy (non-hydrogen) atoms. The number of hydrogen-bond acceptors (Lipinski definition) is 4. The SMILES string of the molecule is O=C(NCCCCC1CCN(C(=O)C2CCC(Cl)C(Cl)C2)CC1)C1CC2CNCCC2N1. The Morgan fingerprint density at radius 3 is 2.53 bits per heavy atom. The zero-order valence-corrected chi connectivity index (χ0v) is 20.7. The third-order valence-electron chi connectivity index (χ3n) is 8.18. The Morgan fingerprint density at radius 1 is 0.969 bits per heavy atom. The highest BCUT2D eigenvalue weighted by Crippen LogP contribution is 2.34. The largest absolute Gasteiger partial charge is 0.355 e. The zero-order valence-electron chi connectivity index (χ0n) is 19.2. The fourth-order valence-electron chi connectivity index (χ4n) is 6.10. The number of unbranched alkanes of at least 4 members (excludes halogenated alkanes) is 1. The quantitative estimate of drug-likeness (QED) is 0.382. The lowest BCUT2D eigenvalue weighted by Gasteiger charge is -2.36. The van der Waals surface area contributed by atoms with Crippen LogP contribution >= 0.6 is 23.2 Å². The molecule has 4 aliphatic rings. The van der Waals surface area contributed by atoms with Crippen molar-refractivity contribution in [3.63, 3.8) is 0 Å². The van der Waals surface area contributed by atoms with Crippen LogP contribution in [0, 0.1) is 17.8 Å². The Labute approximate surface area is 202 Å². The molecular weight excluding hydrogens is 447 g/mol. The van der Waals surface area contributed by atoms with Gasteiger partial charge in [0.15, 0.2) is 0 Å². The van der Waals surface area contributed by atoms with E-state index in [2.05, 4.69) is 20.9 Å². The lowest BCUT2D eigenvalue weighted by molar-refractivity contribution is -0.138. The first-order valence-corrected chi connectivity index (χ1v) is 13.7. The number of alkyl halides is 2. The Morgan fingerprint density at radius 2 is 1.78 bits per heavy atom. The van der Waals surface area contributed by atoms with Gasteiger partial charge in [0, 0.05) is 37.0 Å². The smallest absolute Gasteiger partial charge is 0.237 e. The van der Waals surface area contributed by atoms with E-state index in [0.29, 0.717) is 17.9 Å². The van der Waals surface area contributed by atoms with Gasteiger partial charge in [0.05, 0.1) is 11.4 Å². The third-order valence-corrected chi connectivity index (χ3v) is 9.32. The van der Waals surface area contributed by atoms with E-state index in [4.69, 9.17) is 23.2 Å². The molecule has 3 saturated heterocycles. The summed E-state index contributed by atoms with van der Waals surface area (Å²) in [6.45, 7) is 4.61. The first-order valence-electron chi connectivity index (χ1n) is 12.8. The van der Waals surface area contributed by atoms with Crippen molar-refractivity contribution >= 4 is 35.0 Å². The first kappa shape index (κ1) is 24.6. The Kier molecular flexibility index (Phi) is 9.00. The minimum absolute atomic E-state index is 0.00665. The molecule has 0 radical (unpaired) electrons. The summed E-state index contributed by atoms with van der Waals surface area (Å²) in [4.78, 5) is 27.4. The molecule has 2 amide bonds. The van der Waals surface area contributed by atoms with E-state index in [0.717, 1.165) is 90.5 Å². The van der Waals surface area contributed by atoms with E-state index < -0.39 is 0 Å². The summed E-state index contributed by atoms with van der Waals surface area (Å²) >= 11 is 12.5. The van der Waals surface area contributed by atoms with Crippen LogP contribution in [0.1, 0.15) is 64.2 Å². The van der Waals surface area contributed by atoms with E-state index in [1.165, 1.54) is 6.42 Å². The highest BCUT2D eigenvalue weighted by molar-refractivity contribution is 6.30. The molecule has 0 aromatic rings. The molecule has 3 heterocycles. The summed E-state index contributed by atoms with van der Waals surface area (Å²) in [5, 5.41) is 10.0. The van der Waals surface area contributed by atoms with Crippen LogP contribution in [0.5, 0.6) is 0 Å². The predicted octanol–water partition coefficient (Wildman–Crippen LogP) is 2.87. The number of nitrogens with one attached hydrogen (secondary N) is 3. The van der Waals surface area contributed by atoms with Crippen LogP contribution in [0.25, 0.3) is 0 Å². The Hall–Kier alpha value is -0.560. The molecule has 3 N–H and O–H groups in total. The van der Waals surface area contributed by atoms with Gasteiger partial charge in [-0.05, 0) is 76.3 Å². The Bertz CT molecular complexity index is 629. The maximum atomic E-state index is 12.8. The van der Waals surface area contributed by atoms with Gasteiger partial charge in [-0.25, -0.2) is 0 Å². The minimum atomic E-state index is -0.0806. The average Bonchev–Trinajstić information content (AvgIpc) is 3.25. The highest BCUT2D eigenvalue weighted by atomic mass is 35.5.